The van der Waals surface area contributed by atoms with Gasteiger partial charge in [-0.2, -0.15) is 0 Å². The first kappa shape index (κ1) is 11.7. The predicted molar refractivity (Wildman–Crippen MR) is 49.9 cm³/mol. The highest BCUT2D eigenvalue weighted by molar-refractivity contribution is 6.10. The number of ketones is 1. The zero-order chi connectivity index (χ0) is 11.5. The molecule has 0 bridgehead atoms. The Morgan fingerprint density at radius 3 is 2.60 bits per heavy atom. The molecule has 0 amide bonds. The van der Waals surface area contributed by atoms with Gasteiger partial charge in [0, 0.05) is 6.42 Å². The third-order valence-electron chi connectivity index (χ3n) is 2.82. The van der Waals surface area contributed by atoms with Gasteiger partial charge in [-0.25, -0.2) is 0 Å². The van der Waals surface area contributed by atoms with Gasteiger partial charge >= 0.3 is 11.9 Å². The molecule has 84 valence electrons. The van der Waals surface area contributed by atoms with E-state index in [1.807, 2.05) is 0 Å². The molecule has 0 aromatic rings. The molecule has 5 heteroatoms. The van der Waals surface area contributed by atoms with E-state index < -0.39 is 23.1 Å². The second kappa shape index (κ2) is 4.42. The molecule has 1 heterocycles. The van der Waals surface area contributed by atoms with E-state index in [0.29, 0.717) is 12.8 Å². The molecule has 1 aliphatic heterocycles. The number of esters is 2. The van der Waals surface area contributed by atoms with Crippen molar-refractivity contribution in [1.29, 1.82) is 0 Å². The summed E-state index contributed by atoms with van der Waals surface area (Å²) < 4.78 is 9.18. The zero-order valence-corrected chi connectivity index (χ0v) is 8.87. The quantitative estimate of drug-likeness (QED) is 0.502. The number of carbonyl (C=O) groups is 3. The molecule has 1 rings (SSSR count). The Kier molecular flexibility index (Phi) is 3.44. The average molecular weight is 214 g/mol. The Hall–Kier alpha value is -1.39. The summed E-state index contributed by atoms with van der Waals surface area (Å²) in [6, 6.07) is 0. The lowest BCUT2D eigenvalue weighted by Gasteiger charge is -2.20. The maximum Gasteiger partial charge on any atom is 0.319 e. The van der Waals surface area contributed by atoms with Crippen LogP contribution in [0.3, 0.4) is 0 Å². The molecule has 0 saturated carbocycles. The van der Waals surface area contributed by atoms with Gasteiger partial charge in [-0.3, -0.25) is 14.4 Å². The third-order valence-corrected chi connectivity index (χ3v) is 2.82. The van der Waals surface area contributed by atoms with Gasteiger partial charge in [0.1, 0.15) is 11.8 Å². The molecule has 1 fully saturated rings. The number of carbonyl (C=O) groups excluding carboxylic acids is 3. The summed E-state index contributed by atoms with van der Waals surface area (Å²) in [6.07, 6.45) is 0.360. The molecule has 1 unspecified atom stereocenters. The van der Waals surface area contributed by atoms with Crippen molar-refractivity contribution in [2.24, 2.45) is 5.41 Å². The highest BCUT2D eigenvalue weighted by Gasteiger charge is 2.49. The van der Waals surface area contributed by atoms with E-state index in [2.05, 4.69) is 4.74 Å². The molecule has 0 aromatic carbocycles. The maximum absolute atomic E-state index is 11.8. The van der Waals surface area contributed by atoms with Crippen LogP contribution in [0, 0.1) is 5.41 Å². The van der Waals surface area contributed by atoms with E-state index in [9.17, 15) is 14.4 Å². The molecule has 15 heavy (non-hydrogen) atoms. The second-order valence-electron chi connectivity index (χ2n) is 3.50. The SMILES string of the molecule is CCC1(C(=O)CC(=O)OC)CCOC1=O. The fraction of sp³-hybridized carbons (Fsp3) is 0.700. The molecule has 5 nitrogen and oxygen atoms in total. The molecule has 1 atom stereocenters. The second-order valence-corrected chi connectivity index (χ2v) is 3.50. The van der Waals surface area contributed by atoms with Crippen LogP contribution >= 0.6 is 0 Å². The lowest BCUT2D eigenvalue weighted by molar-refractivity contribution is -0.153. The van der Waals surface area contributed by atoms with E-state index in [-0.39, 0.29) is 13.0 Å². The highest BCUT2D eigenvalue weighted by atomic mass is 16.5. The van der Waals surface area contributed by atoms with Crippen LogP contribution in [0.15, 0.2) is 0 Å². The standard InChI is InChI=1S/C10H14O5/c1-3-10(4-5-15-9(10)13)7(11)6-8(12)14-2/h3-6H2,1-2H3. The van der Waals surface area contributed by atoms with Gasteiger partial charge in [0.2, 0.25) is 0 Å². The molecule has 0 radical (unpaired) electrons. The van der Waals surface area contributed by atoms with Crippen LogP contribution in [-0.2, 0) is 23.9 Å². The Morgan fingerprint density at radius 2 is 2.20 bits per heavy atom. The number of ether oxygens (including phenoxy) is 2. The monoisotopic (exact) mass is 214 g/mol. The van der Waals surface area contributed by atoms with Gasteiger partial charge in [-0.1, -0.05) is 6.92 Å². The van der Waals surface area contributed by atoms with Crippen LogP contribution in [0.2, 0.25) is 0 Å². The minimum Gasteiger partial charge on any atom is -0.469 e. The normalized spacial score (nSPS) is 24.8. The van der Waals surface area contributed by atoms with E-state index in [1.165, 1.54) is 7.11 Å². The summed E-state index contributed by atoms with van der Waals surface area (Å²) in [4.78, 5) is 34.2. The van der Waals surface area contributed by atoms with Crippen LogP contribution in [0.5, 0.6) is 0 Å². The Balaban J connectivity index is 2.78. The molecular formula is C10H14O5. The molecule has 0 aromatic heterocycles. The number of cyclic esters (lactones) is 1. The maximum atomic E-state index is 11.8. The first-order valence-electron chi connectivity index (χ1n) is 4.84. The summed E-state index contributed by atoms with van der Waals surface area (Å²) in [5.41, 5.74) is -1.12. The fourth-order valence-electron chi connectivity index (χ4n) is 1.70. The van der Waals surface area contributed by atoms with Crippen LogP contribution < -0.4 is 0 Å². The van der Waals surface area contributed by atoms with Crippen LogP contribution in [-0.4, -0.2) is 31.4 Å². The van der Waals surface area contributed by atoms with Crippen LogP contribution in [0.1, 0.15) is 26.2 Å². The molecule has 0 aliphatic carbocycles. The molecule has 0 spiro atoms. The van der Waals surface area contributed by atoms with Crippen molar-refractivity contribution in [2.45, 2.75) is 26.2 Å². The first-order chi connectivity index (χ1) is 7.06. The lowest BCUT2D eigenvalue weighted by Crippen LogP contribution is -2.36. The van der Waals surface area contributed by atoms with E-state index in [1.54, 1.807) is 6.92 Å². The summed E-state index contributed by atoms with van der Waals surface area (Å²) in [7, 11) is 1.21. The van der Waals surface area contributed by atoms with Crippen molar-refractivity contribution in [1.82, 2.24) is 0 Å². The Bertz CT molecular complexity index is 296. The molecule has 1 aliphatic rings. The van der Waals surface area contributed by atoms with Gasteiger partial charge in [-0.05, 0) is 6.42 Å². The highest BCUT2D eigenvalue weighted by Crippen LogP contribution is 2.35. The number of methoxy groups -OCH3 is 1. The average Bonchev–Trinajstić information content (AvgIpc) is 2.60. The van der Waals surface area contributed by atoms with Crippen molar-refractivity contribution in [2.75, 3.05) is 13.7 Å². The van der Waals surface area contributed by atoms with Crippen LogP contribution in [0.25, 0.3) is 0 Å². The van der Waals surface area contributed by atoms with Gasteiger partial charge in [0.15, 0.2) is 5.78 Å². The summed E-state index contributed by atoms with van der Waals surface area (Å²) in [5.74, 6) is -1.54. The molecule has 0 N–H and O–H groups in total. The van der Waals surface area contributed by atoms with E-state index >= 15 is 0 Å². The topological polar surface area (TPSA) is 69.7 Å². The van der Waals surface area contributed by atoms with E-state index in [4.69, 9.17) is 4.74 Å². The predicted octanol–water partition coefficient (Wildman–Crippen LogP) is 0.462. The van der Waals surface area contributed by atoms with Crippen LogP contribution in [0.4, 0.5) is 0 Å². The van der Waals surface area contributed by atoms with Gasteiger partial charge in [0.25, 0.3) is 0 Å². The van der Waals surface area contributed by atoms with Crippen molar-refractivity contribution in [3.8, 4) is 0 Å². The van der Waals surface area contributed by atoms with E-state index in [0.717, 1.165) is 0 Å². The smallest absolute Gasteiger partial charge is 0.319 e. The van der Waals surface area contributed by atoms with Gasteiger partial charge < -0.3 is 9.47 Å². The van der Waals surface area contributed by atoms with Crippen molar-refractivity contribution in [3.05, 3.63) is 0 Å². The number of hydrogen-bond donors (Lipinski definition) is 0. The third kappa shape index (κ3) is 2.00. The molecule has 1 saturated heterocycles. The van der Waals surface area contributed by atoms with Crippen molar-refractivity contribution >= 4 is 17.7 Å². The van der Waals surface area contributed by atoms with Gasteiger partial charge in [0.05, 0.1) is 13.7 Å². The Labute approximate surface area is 87.7 Å². The zero-order valence-electron chi connectivity index (χ0n) is 8.87. The first-order valence-corrected chi connectivity index (χ1v) is 4.84. The fourth-order valence-corrected chi connectivity index (χ4v) is 1.70. The number of hydrogen-bond acceptors (Lipinski definition) is 5. The Morgan fingerprint density at radius 1 is 1.53 bits per heavy atom. The molecular weight excluding hydrogens is 200 g/mol. The van der Waals surface area contributed by atoms with Crippen molar-refractivity contribution in [3.63, 3.8) is 0 Å². The summed E-state index contributed by atoms with van der Waals surface area (Å²) >= 11 is 0. The number of rotatable bonds is 4. The van der Waals surface area contributed by atoms with Crippen molar-refractivity contribution < 1.29 is 23.9 Å². The minimum absolute atomic E-state index is 0.250. The largest absolute Gasteiger partial charge is 0.469 e. The minimum atomic E-state index is -1.12. The number of Topliss-reactive ketones (excluding diaryl/α,β-unsaturated/α-hetero) is 1. The summed E-state index contributed by atoms with van der Waals surface area (Å²) in [5, 5.41) is 0. The lowest BCUT2D eigenvalue weighted by atomic mass is 9.78. The summed E-state index contributed by atoms with van der Waals surface area (Å²) in [6.45, 7) is 1.99. The van der Waals surface area contributed by atoms with Gasteiger partial charge in [-0.15, -0.1) is 0 Å².